The maximum absolute atomic E-state index is 13.1. The van der Waals surface area contributed by atoms with Gasteiger partial charge in [0.15, 0.2) is 0 Å². The van der Waals surface area contributed by atoms with Crippen molar-refractivity contribution in [1.29, 1.82) is 0 Å². The standard InChI is InChI=1S/C20H24N2O3/c1-5-13(2)22-19(16-11-10-14(24-3)12-18(16)25-4)21-17-9-7-6-8-15(17)20(22)23/h6-13,19,21H,5H2,1-4H3/t13-,19-/m0/s1. The van der Waals surface area contributed by atoms with E-state index >= 15 is 0 Å². The number of hydrogen-bond acceptors (Lipinski definition) is 4. The van der Waals surface area contributed by atoms with Crippen LogP contribution in [0.3, 0.4) is 0 Å². The number of rotatable bonds is 5. The maximum atomic E-state index is 13.1. The van der Waals surface area contributed by atoms with Crippen molar-refractivity contribution in [3.05, 3.63) is 53.6 Å². The number of carbonyl (C=O) groups excluding carboxylic acids is 1. The van der Waals surface area contributed by atoms with Crippen LogP contribution in [0.5, 0.6) is 11.5 Å². The van der Waals surface area contributed by atoms with Gasteiger partial charge in [-0.3, -0.25) is 4.79 Å². The van der Waals surface area contributed by atoms with Crippen molar-refractivity contribution in [3.63, 3.8) is 0 Å². The fourth-order valence-electron chi connectivity index (χ4n) is 3.19. The van der Waals surface area contributed by atoms with Gasteiger partial charge < -0.3 is 19.7 Å². The van der Waals surface area contributed by atoms with Gasteiger partial charge in [-0.1, -0.05) is 19.1 Å². The van der Waals surface area contributed by atoms with Crippen LogP contribution in [0.2, 0.25) is 0 Å². The second-order valence-corrected chi connectivity index (χ2v) is 6.17. The fourth-order valence-corrected chi connectivity index (χ4v) is 3.19. The number of para-hydroxylation sites is 1. The number of methoxy groups -OCH3 is 2. The molecule has 1 amide bonds. The summed E-state index contributed by atoms with van der Waals surface area (Å²) in [6.45, 7) is 4.15. The molecule has 0 unspecified atom stereocenters. The first-order valence-electron chi connectivity index (χ1n) is 8.50. The Morgan fingerprint density at radius 1 is 1.16 bits per heavy atom. The molecule has 2 aromatic rings. The number of nitrogens with zero attached hydrogens (tertiary/aromatic N) is 1. The molecule has 3 rings (SSSR count). The second-order valence-electron chi connectivity index (χ2n) is 6.17. The van der Waals surface area contributed by atoms with E-state index < -0.39 is 0 Å². The molecule has 0 saturated heterocycles. The van der Waals surface area contributed by atoms with Crippen molar-refractivity contribution >= 4 is 11.6 Å². The molecule has 0 saturated carbocycles. The lowest BCUT2D eigenvalue weighted by atomic mass is 10.00. The largest absolute Gasteiger partial charge is 0.497 e. The van der Waals surface area contributed by atoms with E-state index in [2.05, 4.69) is 19.2 Å². The quantitative estimate of drug-likeness (QED) is 0.891. The van der Waals surface area contributed by atoms with Crippen molar-refractivity contribution in [2.45, 2.75) is 32.5 Å². The minimum Gasteiger partial charge on any atom is -0.497 e. The summed E-state index contributed by atoms with van der Waals surface area (Å²) in [6.07, 6.45) is 0.572. The number of hydrogen-bond donors (Lipinski definition) is 1. The van der Waals surface area contributed by atoms with Gasteiger partial charge in [0.1, 0.15) is 17.7 Å². The molecule has 5 nitrogen and oxygen atoms in total. The van der Waals surface area contributed by atoms with Crippen LogP contribution in [0.4, 0.5) is 5.69 Å². The van der Waals surface area contributed by atoms with Crippen LogP contribution < -0.4 is 14.8 Å². The van der Waals surface area contributed by atoms with Gasteiger partial charge in [-0.25, -0.2) is 0 Å². The van der Waals surface area contributed by atoms with Gasteiger partial charge >= 0.3 is 0 Å². The lowest BCUT2D eigenvalue weighted by molar-refractivity contribution is 0.0591. The Labute approximate surface area is 148 Å². The third-order valence-electron chi connectivity index (χ3n) is 4.76. The molecule has 2 atom stereocenters. The van der Waals surface area contributed by atoms with Crippen LogP contribution in [0.25, 0.3) is 0 Å². The molecule has 1 heterocycles. The molecule has 5 heteroatoms. The van der Waals surface area contributed by atoms with Crippen LogP contribution in [0, 0.1) is 0 Å². The summed E-state index contributed by atoms with van der Waals surface area (Å²) in [6, 6.07) is 13.4. The highest BCUT2D eigenvalue weighted by Gasteiger charge is 2.36. The molecule has 0 aliphatic carbocycles. The van der Waals surface area contributed by atoms with Crippen LogP contribution >= 0.6 is 0 Å². The third kappa shape index (κ3) is 3.02. The topological polar surface area (TPSA) is 50.8 Å². The zero-order valence-electron chi connectivity index (χ0n) is 15.1. The van der Waals surface area contributed by atoms with Crippen LogP contribution in [0.15, 0.2) is 42.5 Å². The molecular weight excluding hydrogens is 316 g/mol. The lowest BCUT2D eigenvalue weighted by Crippen LogP contribution is -2.47. The number of nitrogens with one attached hydrogen (secondary N) is 1. The second kappa shape index (κ2) is 7.05. The Morgan fingerprint density at radius 3 is 2.60 bits per heavy atom. The summed E-state index contributed by atoms with van der Waals surface area (Å²) < 4.78 is 10.9. The van der Waals surface area contributed by atoms with Gasteiger partial charge in [0.2, 0.25) is 0 Å². The maximum Gasteiger partial charge on any atom is 0.258 e. The Kier molecular flexibility index (Phi) is 4.83. The summed E-state index contributed by atoms with van der Waals surface area (Å²) >= 11 is 0. The Morgan fingerprint density at radius 2 is 1.92 bits per heavy atom. The van der Waals surface area contributed by atoms with Gasteiger partial charge in [-0.15, -0.1) is 0 Å². The summed E-state index contributed by atoms with van der Waals surface area (Å²) in [5, 5.41) is 3.51. The van der Waals surface area contributed by atoms with E-state index in [9.17, 15) is 4.79 Å². The van der Waals surface area contributed by atoms with Crippen molar-refractivity contribution in [1.82, 2.24) is 4.90 Å². The molecule has 25 heavy (non-hydrogen) atoms. The molecule has 1 N–H and O–H groups in total. The number of carbonyl (C=O) groups is 1. The molecule has 0 aromatic heterocycles. The Bertz CT molecular complexity index is 775. The minimum atomic E-state index is -0.293. The normalized spacial score (nSPS) is 17.5. The molecule has 0 radical (unpaired) electrons. The number of amides is 1. The van der Waals surface area contributed by atoms with Crippen LogP contribution in [0.1, 0.15) is 42.4 Å². The minimum absolute atomic E-state index is 0.0339. The van der Waals surface area contributed by atoms with Gasteiger partial charge in [-0.05, 0) is 37.6 Å². The zero-order valence-corrected chi connectivity index (χ0v) is 15.1. The smallest absolute Gasteiger partial charge is 0.258 e. The summed E-state index contributed by atoms with van der Waals surface area (Å²) in [5.74, 6) is 1.45. The average Bonchev–Trinajstić information content (AvgIpc) is 2.66. The number of anilines is 1. The van der Waals surface area contributed by atoms with Crippen molar-refractivity contribution in [3.8, 4) is 11.5 Å². The van der Waals surface area contributed by atoms with E-state index in [0.717, 1.165) is 23.4 Å². The molecule has 0 bridgehead atoms. The molecule has 0 spiro atoms. The predicted molar refractivity (Wildman–Crippen MR) is 98.3 cm³/mol. The van der Waals surface area contributed by atoms with Gasteiger partial charge in [0.05, 0.1) is 19.8 Å². The highest BCUT2D eigenvalue weighted by atomic mass is 16.5. The molecule has 132 valence electrons. The first-order valence-corrected chi connectivity index (χ1v) is 8.50. The van der Waals surface area contributed by atoms with Crippen molar-refractivity contribution in [2.75, 3.05) is 19.5 Å². The highest BCUT2D eigenvalue weighted by molar-refractivity contribution is 6.02. The molecule has 1 aliphatic rings. The number of benzene rings is 2. The fraction of sp³-hybridized carbons (Fsp3) is 0.350. The van der Waals surface area contributed by atoms with E-state index in [-0.39, 0.29) is 18.1 Å². The predicted octanol–water partition coefficient (Wildman–Crippen LogP) is 4.07. The highest BCUT2D eigenvalue weighted by Crippen LogP contribution is 2.39. The van der Waals surface area contributed by atoms with Crippen LogP contribution in [-0.2, 0) is 0 Å². The summed E-state index contributed by atoms with van der Waals surface area (Å²) in [5.41, 5.74) is 2.45. The van der Waals surface area contributed by atoms with Crippen LogP contribution in [-0.4, -0.2) is 31.1 Å². The van der Waals surface area contributed by atoms with Crippen molar-refractivity contribution < 1.29 is 14.3 Å². The van der Waals surface area contributed by atoms with Gasteiger partial charge in [0, 0.05) is 23.4 Å². The van der Waals surface area contributed by atoms with E-state index in [4.69, 9.17) is 9.47 Å². The summed E-state index contributed by atoms with van der Waals surface area (Å²) in [4.78, 5) is 15.0. The molecule has 0 fully saturated rings. The van der Waals surface area contributed by atoms with Gasteiger partial charge in [-0.2, -0.15) is 0 Å². The molecule has 1 aliphatic heterocycles. The zero-order chi connectivity index (χ0) is 18.0. The molecular formula is C20H24N2O3. The number of fused-ring (bicyclic) bond motifs is 1. The monoisotopic (exact) mass is 340 g/mol. The molecule has 2 aromatic carbocycles. The Balaban J connectivity index is 2.11. The van der Waals surface area contributed by atoms with E-state index in [1.54, 1.807) is 14.2 Å². The number of ether oxygens (including phenoxy) is 2. The lowest BCUT2D eigenvalue weighted by Gasteiger charge is -2.41. The first kappa shape index (κ1) is 17.1. The Hall–Kier alpha value is -2.69. The van der Waals surface area contributed by atoms with Gasteiger partial charge in [0.25, 0.3) is 5.91 Å². The van der Waals surface area contributed by atoms with E-state index in [1.807, 2.05) is 47.4 Å². The third-order valence-corrected chi connectivity index (χ3v) is 4.76. The SMILES string of the molecule is CC[C@H](C)N1C(=O)c2ccccc2N[C@@H]1c1ccc(OC)cc1OC. The van der Waals surface area contributed by atoms with Crippen molar-refractivity contribution in [2.24, 2.45) is 0 Å². The first-order chi connectivity index (χ1) is 12.1. The average molecular weight is 340 g/mol. The van der Waals surface area contributed by atoms with E-state index in [0.29, 0.717) is 11.3 Å². The summed E-state index contributed by atoms with van der Waals surface area (Å²) in [7, 11) is 3.25. The van der Waals surface area contributed by atoms with E-state index in [1.165, 1.54) is 0 Å².